The molecule has 0 saturated carbocycles. The Bertz CT molecular complexity index is 1050. The second-order valence-electron chi connectivity index (χ2n) is 5.79. The third kappa shape index (κ3) is 3.52. The summed E-state index contributed by atoms with van der Waals surface area (Å²) in [7, 11) is -3.32. The zero-order valence-corrected chi connectivity index (χ0v) is 15.6. The quantitative estimate of drug-likeness (QED) is 0.432. The zero-order chi connectivity index (χ0) is 20.3. The summed E-state index contributed by atoms with van der Waals surface area (Å²) in [6, 6.07) is 14.7. The van der Waals surface area contributed by atoms with Crippen LogP contribution in [0.5, 0.6) is 0 Å². The van der Waals surface area contributed by atoms with Crippen LogP contribution in [0.25, 0.3) is 0 Å². The van der Waals surface area contributed by atoms with E-state index in [0.717, 1.165) is 12.0 Å². The van der Waals surface area contributed by atoms with Gasteiger partial charge in [-0.1, -0.05) is 48.5 Å². The maximum atomic E-state index is 13.0. The number of rotatable bonds is 5. The topological polar surface area (TPSA) is 101 Å². The Kier molecular flexibility index (Phi) is 5.27. The highest BCUT2D eigenvalue weighted by Gasteiger charge is 2.48. The number of ether oxygens (including phenoxy) is 1. The van der Waals surface area contributed by atoms with Crippen LogP contribution in [-0.2, 0) is 30.9 Å². The Morgan fingerprint density at radius 1 is 1.00 bits per heavy atom. The van der Waals surface area contributed by atoms with Crippen LogP contribution in [0.1, 0.15) is 5.56 Å². The van der Waals surface area contributed by atoms with Crippen LogP contribution >= 0.6 is 0 Å². The van der Waals surface area contributed by atoms with Gasteiger partial charge in [0.05, 0.1) is 24.6 Å². The average Bonchev–Trinajstić information content (AvgIpc) is 2.94. The van der Waals surface area contributed by atoms with E-state index in [4.69, 9.17) is 0 Å². The first-order valence-corrected chi connectivity index (χ1v) is 9.60. The number of carbonyl (C=O) groups is 3. The number of amides is 3. The number of urea groups is 1. The second kappa shape index (κ2) is 7.65. The van der Waals surface area contributed by atoms with E-state index in [0.29, 0.717) is 15.9 Å². The molecule has 0 radical (unpaired) electrons. The molecule has 0 bridgehead atoms. The van der Waals surface area contributed by atoms with Crippen molar-refractivity contribution in [2.45, 2.75) is 11.4 Å². The Hall–Kier alpha value is -3.46. The van der Waals surface area contributed by atoms with Crippen molar-refractivity contribution in [3.8, 4) is 0 Å². The fourth-order valence-electron chi connectivity index (χ4n) is 2.65. The van der Waals surface area contributed by atoms with Crippen LogP contribution in [0, 0.1) is 0 Å². The average molecular weight is 400 g/mol. The van der Waals surface area contributed by atoms with Gasteiger partial charge < -0.3 is 4.74 Å². The Labute approximate surface area is 161 Å². The van der Waals surface area contributed by atoms with Crippen LogP contribution < -0.4 is 0 Å². The number of nitrogens with zero attached hydrogens (tertiary/aromatic N) is 2. The van der Waals surface area contributed by atoms with Gasteiger partial charge in [-0.25, -0.2) is 18.0 Å². The lowest BCUT2D eigenvalue weighted by molar-refractivity contribution is -0.135. The van der Waals surface area contributed by atoms with Gasteiger partial charge in [0.2, 0.25) is 0 Å². The molecular weight excluding hydrogens is 384 g/mol. The number of sulfonamides is 1. The van der Waals surface area contributed by atoms with Gasteiger partial charge in [-0.05, 0) is 17.7 Å². The van der Waals surface area contributed by atoms with Crippen LogP contribution in [0.2, 0.25) is 0 Å². The third-order valence-electron chi connectivity index (χ3n) is 4.01. The molecule has 1 aliphatic heterocycles. The lowest BCUT2D eigenvalue weighted by Gasteiger charge is -2.17. The van der Waals surface area contributed by atoms with Gasteiger partial charge in [-0.3, -0.25) is 9.69 Å². The van der Waals surface area contributed by atoms with E-state index >= 15 is 0 Å². The Morgan fingerprint density at radius 3 is 2.14 bits per heavy atom. The highest BCUT2D eigenvalue weighted by molar-refractivity contribution is 7.89. The molecule has 3 rings (SSSR count). The van der Waals surface area contributed by atoms with Crippen molar-refractivity contribution >= 4 is 27.9 Å². The van der Waals surface area contributed by atoms with Crippen molar-refractivity contribution in [1.82, 2.24) is 9.21 Å². The van der Waals surface area contributed by atoms with Gasteiger partial charge in [0.15, 0.2) is 0 Å². The number of imide groups is 1. The van der Waals surface area contributed by atoms with Crippen LogP contribution in [0.4, 0.5) is 4.79 Å². The molecule has 1 heterocycles. The molecule has 144 valence electrons. The molecule has 2 aromatic rings. The molecule has 9 heteroatoms. The molecule has 2 aromatic carbocycles. The first-order valence-electron chi connectivity index (χ1n) is 8.16. The molecule has 0 spiro atoms. The van der Waals surface area contributed by atoms with Crippen LogP contribution in [-0.4, -0.2) is 42.6 Å². The van der Waals surface area contributed by atoms with E-state index in [1.807, 2.05) is 0 Å². The number of benzene rings is 2. The molecule has 0 unspecified atom stereocenters. The minimum absolute atomic E-state index is 0.141. The Morgan fingerprint density at radius 2 is 1.57 bits per heavy atom. The Balaban J connectivity index is 2.08. The molecular formula is C19H16N2O6S. The van der Waals surface area contributed by atoms with Gasteiger partial charge in [0.25, 0.3) is 15.9 Å². The molecule has 1 saturated heterocycles. The number of hydrogen-bond donors (Lipinski definition) is 0. The maximum Gasteiger partial charge on any atom is 0.346 e. The summed E-state index contributed by atoms with van der Waals surface area (Å²) in [5.74, 6) is -1.86. The lowest BCUT2D eigenvalue weighted by Crippen LogP contribution is -2.36. The summed E-state index contributed by atoms with van der Waals surface area (Å²) in [6.07, 6.45) is 0.700. The molecule has 28 heavy (non-hydrogen) atoms. The van der Waals surface area contributed by atoms with Crippen molar-refractivity contribution in [2.24, 2.45) is 0 Å². The molecule has 0 aromatic heterocycles. The molecule has 1 fully saturated rings. The van der Waals surface area contributed by atoms with Gasteiger partial charge >= 0.3 is 12.0 Å². The molecule has 8 nitrogen and oxygen atoms in total. The van der Waals surface area contributed by atoms with Gasteiger partial charge in [0, 0.05) is 0 Å². The molecule has 3 amide bonds. The normalized spacial score (nSPS) is 16.0. The first kappa shape index (κ1) is 19.3. The zero-order valence-electron chi connectivity index (χ0n) is 14.8. The first-order chi connectivity index (χ1) is 13.4. The van der Waals surface area contributed by atoms with Gasteiger partial charge in [-0.15, -0.1) is 0 Å². The molecule has 1 aliphatic rings. The van der Waals surface area contributed by atoms with Crippen LogP contribution in [0.3, 0.4) is 0 Å². The lowest BCUT2D eigenvalue weighted by atomic mass is 10.2. The smallest absolute Gasteiger partial charge is 0.346 e. The van der Waals surface area contributed by atoms with E-state index in [9.17, 15) is 22.8 Å². The van der Waals surface area contributed by atoms with Crippen molar-refractivity contribution in [1.29, 1.82) is 0 Å². The summed E-state index contributed by atoms with van der Waals surface area (Å²) in [6.45, 7) is -0.141. The number of esters is 1. The summed E-state index contributed by atoms with van der Waals surface area (Å²) in [5, 5.41) is 0. The summed E-state index contributed by atoms with van der Waals surface area (Å²) in [4.78, 5) is 37.9. The van der Waals surface area contributed by atoms with Gasteiger partial charge in [-0.2, -0.15) is 4.31 Å². The maximum absolute atomic E-state index is 13.0. The van der Waals surface area contributed by atoms with Crippen molar-refractivity contribution in [3.05, 3.63) is 78.0 Å². The summed E-state index contributed by atoms with van der Waals surface area (Å²) < 4.78 is 30.8. The predicted molar refractivity (Wildman–Crippen MR) is 98.0 cm³/mol. The largest absolute Gasteiger partial charge is 0.466 e. The predicted octanol–water partition coefficient (Wildman–Crippen LogP) is 1.90. The van der Waals surface area contributed by atoms with Crippen molar-refractivity contribution < 1.29 is 27.5 Å². The van der Waals surface area contributed by atoms with E-state index < -0.39 is 33.6 Å². The van der Waals surface area contributed by atoms with E-state index in [1.54, 1.807) is 36.4 Å². The standard InChI is InChI=1S/C19H16N2O6S/c1-27-17(22)12-16-18(23)20(13-14-8-4-2-5-9-14)19(24)21(16)28(25,26)15-10-6-3-7-11-15/h2-12H,13H2,1H3/b16-12-. The molecule has 0 aliphatic carbocycles. The van der Waals surface area contributed by atoms with Gasteiger partial charge in [0.1, 0.15) is 5.70 Å². The van der Waals surface area contributed by atoms with Crippen LogP contribution in [0.15, 0.2) is 77.3 Å². The van der Waals surface area contributed by atoms with E-state index in [-0.39, 0.29) is 11.4 Å². The monoisotopic (exact) mass is 400 g/mol. The number of hydrogen-bond acceptors (Lipinski definition) is 6. The number of carbonyl (C=O) groups excluding carboxylic acids is 3. The third-order valence-corrected chi connectivity index (χ3v) is 5.71. The van der Waals surface area contributed by atoms with Crippen molar-refractivity contribution in [2.75, 3.05) is 7.11 Å². The summed E-state index contributed by atoms with van der Waals surface area (Å²) in [5.41, 5.74) is 0.0391. The second-order valence-corrected chi connectivity index (χ2v) is 7.58. The summed E-state index contributed by atoms with van der Waals surface area (Å²) >= 11 is 0. The molecule has 0 atom stereocenters. The minimum Gasteiger partial charge on any atom is -0.466 e. The highest BCUT2D eigenvalue weighted by Crippen LogP contribution is 2.30. The van der Waals surface area contributed by atoms with E-state index in [1.165, 1.54) is 24.3 Å². The molecule has 0 N–H and O–H groups in total. The fourth-order valence-corrected chi connectivity index (χ4v) is 4.06. The SMILES string of the molecule is COC(=O)/C=C1/C(=O)N(Cc2ccccc2)C(=O)N1S(=O)(=O)c1ccccc1. The number of methoxy groups -OCH3 is 1. The minimum atomic E-state index is -4.40. The highest BCUT2D eigenvalue weighted by atomic mass is 32.2. The van der Waals surface area contributed by atoms with Crippen molar-refractivity contribution in [3.63, 3.8) is 0 Å². The fraction of sp³-hybridized carbons (Fsp3) is 0.105. The van der Waals surface area contributed by atoms with E-state index in [2.05, 4.69) is 4.74 Å².